The highest BCUT2D eigenvalue weighted by Gasteiger charge is 2.19. The van der Waals surface area contributed by atoms with Crippen LogP contribution in [0.3, 0.4) is 0 Å². The van der Waals surface area contributed by atoms with E-state index >= 15 is 0 Å². The molecular weight excluding hydrogens is 319 g/mol. The monoisotopic (exact) mass is 331 g/mol. The van der Waals surface area contributed by atoms with E-state index in [0.29, 0.717) is 22.8 Å². The topological polar surface area (TPSA) is 54.9 Å². The van der Waals surface area contributed by atoms with Gasteiger partial charge in [-0.05, 0) is 44.2 Å². The number of anilines is 1. The van der Waals surface area contributed by atoms with Crippen molar-refractivity contribution in [2.75, 3.05) is 5.32 Å². The maximum absolute atomic E-state index is 13.7. The molecule has 1 amide bonds. The first-order valence-electron chi connectivity index (χ1n) is 7.06. The normalized spacial score (nSPS) is 10.9. The van der Waals surface area contributed by atoms with Crippen LogP contribution < -0.4 is 5.32 Å². The third-order valence-corrected chi connectivity index (χ3v) is 3.61. The van der Waals surface area contributed by atoms with Crippen LogP contribution in [-0.2, 0) is 0 Å². The van der Waals surface area contributed by atoms with Gasteiger partial charge in [0.2, 0.25) is 0 Å². The molecule has 0 bridgehead atoms. The summed E-state index contributed by atoms with van der Waals surface area (Å²) in [7, 11) is 0. The lowest BCUT2D eigenvalue weighted by Crippen LogP contribution is -2.15. The summed E-state index contributed by atoms with van der Waals surface area (Å²) in [6.45, 7) is 3.65. The zero-order valence-corrected chi connectivity index (χ0v) is 12.8. The molecule has 1 aromatic heterocycles. The van der Waals surface area contributed by atoms with E-state index in [-0.39, 0.29) is 0 Å². The number of fused-ring (bicyclic) bond motifs is 1. The van der Waals surface area contributed by atoms with Gasteiger partial charge in [0.05, 0.1) is 28.0 Å². The van der Waals surface area contributed by atoms with Crippen LogP contribution >= 0.6 is 0 Å². The second-order valence-electron chi connectivity index (χ2n) is 5.27. The van der Waals surface area contributed by atoms with E-state index in [1.54, 1.807) is 18.2 Å². The summed E-state index contributed by atoms with van der Waals surface area (Å²) >= 11 is 0. The number of aromatic nitrogens is 2. The largest absolute Gasteiger partial charge is 0.322 e. The lowest BCUT2D eigenvalue weighted by Gasteiger charge is -2.08. The molecule has 3 aromatic rings. The predicted octanol–water partition coefficient (Wildman–Crippen LogP) is 3.92. The van der Waals surface area contributed by atoms with Crippen LogP contribution in [0.15, 0.2) is 30.3 Å². The highest BCUT2D eigenvalue weighted by atomic mass is 19.2. The van der Waals surface area contributed by atoms with E-state index in [0.717, 1.165) is 17.5 Å². The number of amides is 1. The molecule has 0 aliphatic heterocycles. The molecule has 0 radical (unpaired) electrons. The van der Waals surface area contributed by atoms with E-state index in [1.165, 1.54) is 0 Å². The Morgan fingerprint density at radius 1 is 0.917 bits per heavy atom. The van der Waals surface area contributed by atoms with Crippen LogP contribution in [0.25, 0.3) is 11.0 Å². The van der Waals surface area contributed by atoms with Crippen LogP contribution in [0.2, 0.25) is 0 Å². The van der Waals surface area contributed by atoms with Crippen molar-refractivity contribution in [3.05, 3.63) is 64.7 Å². The van der Waals surface area contributed by atoms with Crippen molar-refractivity contribution in [3.63, 3.8) is 0 Å². The van der Waals surface area contributed by atoms with Gasteiger partial charge in [-0.25, -0.2) is 23.1 Å². The summed E-state index contributed by atoms with van der Waals surface area (Å²) in [5.41, 5.74) is 2.51. The van der Waals surface area contributed by atoms with Gasteiger partial charge in [-0.15, -0.1) is 0 Å². The van der Waals surface area contributed by atoms with Crippen molar-refractivity contribution in [2.24, 2.45) is 0 Å². The summed E-state index contributed by atoms with van der Waals surface area (Å²) in [6, 6.07) is 6.39. The number of hydrogen-bond donors (Lipinski definition) is 1. The predicted molar refractivity (Wildman–Crippen MR) is 83.3 cm³/mol. The minimum absolute atomic E-state index is 0.342. The summed E-state index contributed by atoms with van der Waals surface area (Å²) in [5.74, 6) is -5.45. The highest BCUT2D eigenvalue weighted by Crippen LogP contribution is 2.20. The number of rotatable bonds is 2. The molecular formula is C17H12F3N3O. The smallest absolute Gasteiger partial charge is 0.258 e. The summed E-state index contributed by atoms with van der Waals surface area (Å²) < 4.78 is 39.8. The van der Waals surface area contributed by atoms with Gasteiger partial charge in [-0.1, -0.05) is 0 Å². The van der Waals surface area contributed by atoms with Gasteiger partial charge in [0.25, 0.3) is 5.91 Å². The summed E-state index contributed by atoms with van der Waals surface area (Å²) in [5, 5.41) is 2.44. The molecule has 7 heteroatoms. The maximum atomic E-state index is 13.7. The van der Waals surface area contributed by atoms with Gasteiger partial charge in [0, 0.05) is 5.69 Å². The van der Waals surface area contributed by atoms with E-state index < -0.39 is 28.9 Å². The van der Waals surface area contributed by atoms with Crippen molar-refractivity contribution in [1.82, 2.24) is 9.97 Å². The third-order valence-electron chi connectivity index (χ3n) is 3.61. The van der Waals surface area contributed by atoms with Crippen molar-refractivity contribution < 1.29 is 18.0 Å². The lowest BCUT2D eigenvalue weighted by molar-refractivity contribution is 0.102. The molecule has 1 heterocycles. The Bertz CT molecular complexity index is 973. The van der Waals surface area contributed by atoms with E-state index in [4.69, 9.17) is 0 Å². The third kappa shape index (κ3) is 2.80. The minimum Gasteiger partial charge on any atom is -0.322 e. The van der Waals surface area contributed by atoms with Crippen LogP contribution in [0.5, 0.6) is 0 Å². The molecule has 0 saturated heterocycles. The average Bonchev–Trinajstić information content (AvgIpc) is 2.54. The van der Waals surface area contributed by atoms with Crippen LogP contribution in [0.4, 0.5) is 18.9 Å². The molecule has 3 rings (SSSR count). The fourth-order valence-corrected chi connectivity index (χ4v) is 2.21. The quantitative estimate of drug-likeness (QED) is 0.724. The van der Waals surface area contributed by atoms with Crippen molar-refractivity contribution in [2.45, 2.75) is 13.8 Å². The fraction of sp³-hybridized carbons (Fsp3) is 0.118. The molecule has 24 heavy (non-hydrogen) atoms. The standard InChI is InChI=1S/C17H12F3N3O/c1-8-9(2)22-14-7-10(3-6-13(14)21-8)23-17(24)11-4-5-12(18)16(20)15(11)19/h3-7H,1-2H3,(H,23,24). The van der Waals surface area contributed by atoms with Crippen molar-refractivity contribution >= 4 is 22.6 Å². The Kier molecular flexibility index (Phi) is 3.92. The SMILES string of the molecule is Cc1nc2ccc(NC(=O)c3ccc(F)c(F)c3F)cc2nc1C. The van der Waals surface area contributed by atoms with Crippen LogP contribution in [0.1, 0.15) is 21.7 Å². The number of carbonyl (C=O) groups excluding carboxylic acids is 1. The molecule has 0 unspecified atom stereocenters. The molecule has 122 valence electrons. The van der Waals surface area contributed by atoms with Crippen LogP contribution in [-0.4, -0.2) is 15.9 Å². The molecule has 0 aliphatic carbocycles. The zero-order chi connectivity index (χ0) is 17.4. The summed E-state index contributed by atoms with van der Waals surface area (Å²) in [4.78, 5) is 20.8. The van der Waals surface area contributed by atoms with Gasteiger partial charge in [0.1, 0.15) is 0 Å². The van der Waals surface area contributed by atoms with E-state index in [2.05, 4.69) is 15.3 Å². The Morgan fingerprint density at radius 2 is 1.58 bits per heavy atom. The van der Waals surface area contributed by atoms with Gasteiger partial charge < -0.3 is 5.32 Å². The second kappa shape index (κ2) is 5.92. The molecule has 0 saturated carbocycles. The first-order valence-corrected chi connectivity index (χ1v) is 7.06. The Balaban J connectivity index is 1.93. The lowest BCUT2D eigenvalue weighted by atomic mass is 10.1. The van der Waals surface area contributed by atoms with Gasteiger partial charge in [-0.3, -0.25) is 4.79 Å². The summed E-state index contributed by atoms with van der Waals surface area (Å²) in [6.07, 6.45) is 0. The fourth-order valence-electron chi connectivity index (χ4n) is 2.21. The van der Waals surface area contributed by atoms with Crippen LogP contribution in [0, 0.1) is 31.3 Å². The van der Waals surface area contributed by atoms with Crippen molar-refractivity contribution in [1.29, 1.82) is 0 Å². The average molecular weight is 331 g/mol. The number of aryl methyl sites for hydroxylation is 2. The van der Waals surface area contributed by atoms with Gasteiger partial charge in [-0.2, -0.15) is 0 Å². The minimum atomic E-state index is -1.68. The van der Waals surface area contributed by atoms with Gasteiger partial charge in [0.15, 0.2) is 17.5 Å². The Morgan fingerprint density at radius 3 is 2.29 bits per heavy atom. The molecule has 2 aromatic carbocycles. The number of nitrogens with zero attached hydrogens (tertiary/aromatic N) is 2. The zero-order valence-electron chi connectivity index (χ0n) is 12.8. The first kappa shape index (κ1) is 15.9. The van der Waals surface area contributed by atoms with Gasteiger partial charge >= 0.3 is 0 Å². The number of nitrogens with one attached hydrogen (secondary N) is 1. The maximum Gasteiger partial charge on any atom is 0.258 e. The number of hydrogen-bond acceptors (Lipinski definition) is 3. The molecule has 0 spiro atoms. The van der Waals surface area contributed by atoms with E-state index in [9.17, 15) is 18.0 Å². The van der Waals surface area contributed by atoms with E-state index in [1.807, 2.05) is 13.8 Å². The number of benzene rings is 2. The molecule has 0 atom stereocenters. The second-order valence-corrected chi connectivity index (χ2v) is 5.27. The molecule has 0 fully saturated rings. The molecule has 0 aliphatic rings. The molecule has 1 N–H and O–H groups in total. The molecule has 4 nitrogen and oxygen atoms in total. The Hall–Kier alpha value is -2.96. The number of halogens is 3. The first-order chi connectivity index (χ1) is 11.4. The van der Waals surface area contributed by atoms with Crippen molar-refractivity contribution in [3.8, 4) is 0 Å². The Labute approximate surface area is 135 Å². The highest BCUT2D eigenvalue weighted by molar-refractivity contribution is 6.05. The number of carbonyl (C=O) groups is 1.